The predicted octanol–water partition coefficient (Wildman–Crippen LogP) is 1.79. The van der Waals surface area contributed by atoms with E-state index in [-0.39, 0.29) is 0 Å². The Kier molecular flexibility index (Phi) is 2.70. The Balaban J connectivity index is 1.77. The summed E-state index contributed by atoms with van der Waals surface area (Å²) in [5, 5.41) is 3.45. The Morgan fingerprint density at radius 1 is 1.19 bits per heavy atom. The first kappa shape index (κ1) is 10.3. The number of nitrogens with zero attached hydrogens (tertiary/aromatic N) is 1. The Morgan fingerprint density at radius 2 is 1.94 bits per heavy atom. The molecule has 0 amide bonds. The third-order valence-corrected chi connectivity index (χ3v) is 3.98. The molecular formula is C14H20N2. The van der Waals surface area contributed by atoms with Gasteiger partial charge in [-0.25, -0.2) is 0 Å². The lowest BCUT2D eigenvalue weighted by atomic mass is 9.88. The van der Waals surface area contributed by atoms with Crippen LogP contribution in [0.2, 0.25) is 0 Å². The van der Waals surface area contributed by atoms with Crippen molar-refractivity contribution in [2.45, 2.75) is 18.3 Å². The highest BCUT2D eigenvalue weighted by Crippen LogP contribution is 2.29. The summed E-state index contributed by atoms with van der Waals surface area (Å²) in [7, 11) is 2.20. The fourth-order valence-corrected chi connectivity index (χ4v) is 2.92. The molecule has 0 aliphatic carbocycles. The molecule has 1 unspecified atom stereocenters. The minimum atomic E-state index is 0.748. The Labute approximate surface area is 97.6 Å². The first-order chi connectivity index (χ1) is 7.83. The molecule has 2 fully saturated rings. The minimum Gasteiger partial charge on any atom is -0.316 e. The minimum absolute atomic E-state index is 0.748. The van der Waals surface area contributed by atoms with Gasteiger partial charge in [0.25, 0.3) is 0 Å². The van der Waals surface area contributed by atoms with Gasteiger partial charge in [0.15, 0.2) is 0 Å². The van der Waals surface area contributed by atoms with Crippen LogP contribution in [0.3, 0.4) is 0 Å². The van der Waals surface area contributed by atoms with Crippen molar-refractivity contribution in [1.29, 1.82) is 0 Å². The summed E-state index contributed by atoms with van der Waals surface area (Å²) in [5.74, 6) is 1.53. The van der Waals surface area contributed by atoms with E-state index in [1.54, 1.807) is 5.56 Å². The third-order valence-electron chi connectivity index (χ3n) is 3.98. The standard InChI is InChI=1S/C14H20N2/c1-16-9-14(10-16)12-4-2-3-11(7-12)13-5-6-15-8-13/h2-4,7,13-15H,5-6,8-10H2,1H3. The SMILES string of the molecule is CN1CC(c2cccc(C3CCNC3)c2)C1. The normalized spacial score (nSPS) is 26.9. The van der Waals surface area contributed by atoms with E-state index in [4.69, 9.17) is 0 Å². The van der Waals surface area contributed by atoms with Crippen LogP contribution < -0.4 is 5.32 Å². The fraction of sp³-hybridized carbons (Fsp3) is 0.571. The second-order valence-electron chi connectivity index (χ2n) is 5.28. The maximum absolute atomic E-state index is 3.45. The van der Waals surface area contributed by atoms with Crippen molar-refractivity contribution in [1.82, 2.24) is 10.2 Å². The van der Waals surface area contributed by atoms with Gasteiger partial charge in [0.2, 0.25) is 0 Å². The number of rotatable bonds is 2. The van der Waals surface area contributed by atoms with Crippen LogP contribution in [0.1, 0.15) is 29.4 Å². The van der Waals surface area contributed by atoms with Crippen molar-refractivity contribution in [2.24, 2.45) is 0 Å². The molecule has 16 heavy (non-hydrogen) atoms. The Bertz CT molecular complexity index is 363. The van der Waals surface area contributed by atoms with Gasteiger partial charge in [-0.3, -0.25) is 0 Å². The van der Waals surface area contributed by atoms with E-state index in [1.807, 2.05) is 0 Å². The van der Waals surface area contributed by atoms with Crippen molar-refractivity contribution >= 4 is 0 Å². The highest BCUT2D eigenvalue weighted by atomic mass is 15.2. The van der Waals surface area contributed by atoms with Gasteiger partial charge in [-0.2, -0.15) is 0 Å². The molecule has 0 spiro atoms. The summed E-state index contributed by atoms with van der Waals surface area (Å²) in [6, 6.07) is 9.27. The monoisotopic (exact) mass is 216 g/mol. The van der Waals surface area contributed by atoms with E-state index in [2.05, 4.69) is 41.5 Å². The van der Waals surface area contributed by atoms with Crippen LogP contribution in [0.15, 0.2) is 24.3 Å². The summed E-state index contributed by atoms with van der Waals surface area (Å²) < 4.78 is 0. The number of nitrogens with one attached hydrogen (secondary N) is 1. The van der Waals surface area contributed by atoms with E-state index in [9.17, 15) is 0 Å². The molecule has 0 aromatic heterocycles. The van der Waals surface area contributed by atoms with Crippen LogP contribution in [-0.4, -0.2) is 38.1 Å². The molecule has 1 N–H and O–H groups in total. The van der Waals surface area contributed by atoms with Crippen LogP contribution in [-0.2, 0) is 0 Å². The van der Waals surface area contributed by atoms with Crippen LogP contribution in [0.25, 0.3) is 0 Å². The van der Waals surface area contributed by atoms with Gasteiger partial charge in [0.1, 0.15) is 0 Å². The first-order valence-corrected chi connectivity index (χ1v) is 6.32. The van der Waals surface area contributed by atoms with Crippen molar-refractivity contribution in [3.63, 3.8) is 0 Å². The lowest BCUT2D eigenvalue weighted by Gasteiger charge is -2.36. The smallest absolute Gasteiger partial charge is 0.00934 e. The van der Waals surface area contributed by atoms with E-state index < -0.39 is 0 Å². The summed E-state index contributed by atoms with van der Waals surface area (Å²) in [4.78, 5) is 2.38. The second kappa shape index (κ2) is 4.19. The van der Waals surface area contributed by atoms with Crippen molar-refractivity contribution in [2.75, 3.05) is 33.2 Å². The molecule has 2 nitrogen and oxygen atoms in total. The lowest BCUT2D eigenvalue weighted by molar-refractivity contribution is 0.189. The van der Waals surface area contributed by atoms with E-state index >= 15 is 0 Å². The van der Waals surface area contributed by atoms with Crippen molar-refractivity contribution in [3.8, 4) is 0 Å². The van der Waals surface area contributed by atoms with Crippen LogP contribution in [0, 0.1) is 0 Å². The number of hydrogen-bond acceptors (Lipinski definition) is 2. The average Bonchev–Trinajstić information content (AvgIpc) is 2.78. The molecule has 1 aromatic carbocycles. The van der Waals surface area contributed by atoms with Crippen molar-refractivity contribution < 1.29 is 0 Å². The summed E-state index contributed by atoms with van der Waals surface area (Å²) >= 11 is 0. The van der Waals surface area contributed by atoms with E-state index in [0.29, 0.717) is 0 Å². The number of likely N-dealkylation sites (tertiary alicyclic amines) is 1. The third kappa shape index (κ3) is 1.87. The van der Waals surface area contributed by atoms with Crippen LogP contribution >= 0.6 is 0 Å². The molecule has 2 heteroatoms. The molecule has 0 radical (unpaired) electrons. The number of likely N-dealkylation sites (N-methyl/N-ethyl adjacent to an activating group) is 1. The quantitative estimate of drug-likeness (QED) is 0.811. The van der Waals surface area contributed by atoms with Gasteiger partial charge in [-0.1, -0.05) is 24.3 Å². The average molecular weight is 216 g/mol. The van der Waals surface area contributed by atoms with Crippen molar-refractivity contribution in [3.05, 3.63) is 35.4 Å². The Hall–Kier alpha value is -0.860. The van der Waals surface area contributed by atoms with E-state index in [0.717, 1.165) is 18.4 Å². The van der Waals surface area contributed by atoms with Gasteiger partial charge >= 0.3 is 0 Å². The molecular weight excluding hydrogens is 196 g/mol. The van der Waals surface area contributed by atoms with Gasteiger partial charge in [-0.05, 0) is 37.1 Å². The summed E-state index contributed by atoms with van der Waals surface area (Å²) in [6.07, 6.45) is 1.30. The zero-order chi connectivity index (χ0) is 11.0. The summed E-state index contributed by atoms with van der Waals surface area (Å²) in [5.41, 5.74) is 3.08. The highest BCUT2D eigenvalue weighted by molar-refractivity contribution is 5.31. The largest absolute Gasteiger partial charge is 0.316 e. The van der Waals surface area contributed by atoms with Crippen LogP contribution in [0.4, 0.5) is 0 Å². The zero-order valence-electron chi connectivity index (χ0n) is 9.95. The second-order valence-corrected chi connectivity index (χ2v) is 5.28. The molecule has 0 bridgehead atoms. The topological polar surface area (TPSA) is 15.3 Å². The van der Waals surface area contributed by atoms with Gasteiger partial charge in [0, 0.05) is 25.6 Å². The fourth-order valence-electron chi connectivity index (χ4n) is 2.92. The highest BCUT2D eigenvalue weighted by Gasteiger charge is 2.25. The number of benzene rings is 1. The molecule has 3 rings (SSSR count). The summed E-state index contributed by atoms with van der Waals surface area (Å²) in [6.45, 7) is 4.80. The molecule has 2 aliphatic heterocycles. The molecule has 2 aliphatic rings. The molecule has 2 saturated heterocycles. The maximum atomic E-state index is 3.45. The van der Waals surface area contributed by atoms with Gasteiger partial charge < -0.3 is 10.2 Å². The molecule has 0 saturated carbocycles. The molecule has 2 heterocycles. The lowest BCUT2D eigenvalue weighted by Crippen LogP contribution is -2.41. The molecule has 86 valence electrons. The van der Waals surface area contributed by atoms with E-state index in [1.165, 1.54) is 31.6 Å². The van der Waals surface area contributed by atoms with Gasteiger partial charge in [-0.15, -0.1) is 0 Å². The maximum Gasteiger partial charge on any atom is 0.00934 e. The first-order valence-electron chi connectivity index (χ1n) is 6.32. The molecule has 1 atom stereocenters. The predicted molar refractivity (Wildman–Crippen MR) is 66.9 cm³/mol. The Morgan fingerprint density at radius 3 is 2.56 bits per heavy atom. The molecule has 1 aromatic rings. The van der Waals surface area contributed by atoms with Crippen LogP contribution in [0.5, 0.6) is 0 Å². The van der Waals surface area contributed by atoms with Gasteiger partial charge in [0.05, 0.1) is 0 Å². The zero-order valence-corrected chi connectivity index (χ0v) is 9.95. The number of hydrogen-bond donors (Lipinski definition) is 1.